The van der Waals surface area contributed by atoms with Crippen molar-refractivity contribution in [2.24, 2.45) is 0 Å². The number of carbonyl (C=O) groups excluding carboxylic acids is 2. The summed E-state index contributed by atoms with van der Waals surface area (Å²) in [7, 11) is 0. The molecule has 11 heteroatoms. The minimum absolute atomic E-state index is 0.134. The molecule has 1 aromatic heterocycles. The third-order valence-corrected chi connectivity index (χ3v) is 6.34. The average Bonchev–Trinajstić information content (AvgIpc) is 2.92. The van der Waals surface area contributed by atoms with E-state index in [1.165, 1.54) is 6.07 Å². The fraction of sp³-hybridized carbons (Fsp3) is 0.296. The summed E-state index contributed by atoms with van der Waals surface area (Å²) in [6, 6.07) is 19.8. The van der Waals surface area contributed by atoms with E-state index in [1.807, 2.05) is 65.6 Å². The van der Waals surface area contributed by atoms with Crippen molar-refractivity contribution in [2.45, 2.75) is 18.8 Å². The maximum Gasteiger partial charge on any atom is 0.422 e. The number of benzene rings is 2. The third kappa shape index (κ3) is 7.23. The number of alkyl halides is 3. The van der Waals surface area contributed by atoms with Gasteiger partial charge >= 0.3 is 6.18 Å². The first-order valence-electron chi connectivity index (χ1n) is 12.0. The van der Waals surface area contributed by atoms with Gasteiger partial charge in [-0.3, -0.25) is 14.5 Å². The molecule has 200 valence electrons. The molecule has 1 aliphatic heterocycles. The first kappa shape index (κ1) is 27.4. The zero-order valence-electron chi connectivity index (χ0n) is 20.3. The number of piperazine rings is 1. The lowest BCUT2D eigenvalue weighted by molar-refractivity contribution is -0.154. The number of amides is 2. The molecule has 2 amide bonds. The Labute approximate surface area is 223 Å². The molecule has 1 saturated heterocycles. The van der Waals surface area contributed by atoms with Crippen LogP contribution < -0.4 is 10.1 Å². The van der Waals surface area contributed by atoms with E-state index in [0.29, 0.717) is 32.7 Å². The Bertz CT molecular complexity index is 1240. The van der Waals surface area contributed by atoms with Crippen LogP contribution in [0.3, 0.4) is 0 Å². The van der Waals surface area contributed by atoms with Gasteiger partial charge < -0.3 is 15.0 Å². The van der Waals surface area contributed by atoms with E-state index in [9.17, 15) is 22.8 Å². The minimum Gasteiger partial charge on any atom is -0.467 e. The first-order valence-corrected chi connectivity index (χ1v) is 12.3. The molecule has 2 aromatic carbocycles. The van der Waals surface area contributed by atoms with E-state index >= 15 is 0 Å². The average molecular weight is 547 g/mol. The number of rotatable bonds is 8. The highest BCUT2D eigenvalue weighted by molar-refractivity contribution is 6.32. The van der Waals surface area contributed by atoms with Crippen LogP contribution in [-0.2, 0) is 11.3 Å². The number of hydrogen-bond donors (Lipinski definition) is 1. The summed E-state index contributed by atoms with van der Waals surface area (Å²) < 4.78 is 41.8. The molecule has 4 rings (SSSR count). The van der Waals surface area contributed by atoms with Crippen LogP contribution in [0.2, 0.25) is 5.02 Å². The van der Waals surface area contributed by atoms with Crippen molar-refractivity contribution in [3.8, 4) is 5.88 Å². The first-order chi connectivity index (χ1) is 18.2. The van der Waals surface area contributed by atoms with Gasteiger partial charge in [0.1, 0.15) is 11.1 Å². The fourth-order valence-corrected chi connectivity index (χ4v) is 4.43. The molecule has 0 radical (unpaired) electrons. The summed E-state index contributed by atoms with van der Waals surface area (Å²) in [4.78, 5) is 33.7. The molecule has 38 heavy (non-hydrogen) atoms. The van der Waals surface area contributed by atoms with Crippen molar-refractivity contribution in [3.63, 3.8) is 0 Å². The molecular formula is C27H26ClF3N4O3. The number of pyridine rings is 1. The van der Waals surface area contributed by atoms with E-state index in [-0.39, 0.29) is 22.4 Å². The molecule has 0 spiro atoms. The molecule has 0 bridgehead atoms. The van der Waals surface area contributed by atoms with Crippen molar-refractivity contribution in [2.75, 3.05) is 32.8 Å². The minimum atomic E-state index is -4.53. The van der Waals surface area contributed by atoms with E-state index in [4.69, 9.17) is 11.6 Å². The fourth-order valence-electron chi connectivity index (χ4n) is 4.21. The lowest BCUT2D eigenvalue weighted by Crippen LogP contribution is -2.52. The van der Waals surface area contributed by atoms with Crippen LogP contribution in [0.1, 0.15) is 27.5 Å². The molecule has 2 heterocycles. The van der Waals surface area contributed by atoms with Crippen LogP contribution in [0.5, 0.6) is 5.88 Å². The smallest absolute Gasteiger partial charge is 0.422 e. The van der Waals surface area contributed by atoms with Gasteiger partial charge in [0, 0.05) is 38.9 Å². The highest BCUT2D eigenvalue weighted by Crippen LogP contribution is 2.27. The maximum atomic E-state index is 13.3. The SMILES string of the molecule is O=C(NCc1ccccc1)[C@@H](c1ccccc1)N1CCN(C(=O)c2cnc(OCC(F)(F)F)c(Cl)c2)CC1. The van der Waals surface area contributed by atoms with Crippen molar-refractivity contribution in [3.05, 3.63) is 94.6 Å². The van der Waals surface area contributed by atoms with Crippen molar-refractivity contribution >= 4 is 23.4 Å². The van der Waals surface area contributed by atoms with Gasteiger partial charge in [0.2, 0.25) is 11.8 Å². The molecule has 0 saturated carbocycles. The van der Waals surface area contributed by atoms with Crippen LogP contribution in [0.25, 0.3) is 0 Å². The van der Waals surface area contributed by atoms with E-state index in [1.54, 1.807) is 4.90 Å². The quantitative estimate of drug-likeness (QED) is 0.451. The normalized spacial score (nSPS) is 15.1. The molecule has 1 aliphatic rings. The third-order valence-electron chi connectivity index (χ3n) is 6.07. The van der Waals surface area contributed by atoms with E-state index < -0.39 is 24.7 Å². The highest BCUT2D eigenvalue weighted by atomic mass is 35.5. The Morgan fingerprint density at radius 3 is 2.24 bits per heavy atom. The van der Waals surface area contributed by atoms with Gasteiger partial charge in [-0.25, -0.2) is 4.98 Å². The molecule has 3 aromatic rings. The van der Waals surface area contributed by atoms with Gasteiger partial charge in [-0.15, -0.1) is 0 Å². The van der Waals surface area contributed by atoms with Crippen molar-refractivity contribution in [1.82, 2.24) is 20.1 Å². The Morgan fingerprint density at radius 2 is 1.63 bits per heavy atom. The number of ether oxygens (including phenoxy) is 1. The number of nitrogens with zero attached hydrogens (tertiary/aromatic N) is 3. The van der Waals surface area contributed by atoms with Crippen molar-refractivity contribution < 1.29 is 27.5 Å². The number of halogens is 4. The van der Waals surface area contributed by atoms with Gasteiger partial charge in [0.05, 0.1) is 5.56 Å². The van der Waals surface area contributed by atoms with Crippen LogP contribution in [0, 0.1) is 0 Å². The number of hydrogen-bond acceptors (Lipinski definition) is 5. The van der Waals surface area contributed by atoms with Gasteiger partial charge in [-0.1, -0.05) is 72.3 Å². The van der Waals surface area contributed by atoms with Crippen LogP contribution >= 0.6 is 11.6 Å². The van der Waals surface area contributed by atoms with Gasteiger partial charge in [-0.05, 0) is 17.2 Å². The summed E-state index contributed by atoms with van der Waals surface area (Å²) >= 11 is 6.00. The van der Waals surface area contributed by atoms with Gasteiger partial charge in [-0.2, -0.15) is 13.2 Å². The predicted octanol–water partition coefficient (Wildman–Crippen LogP) is 4.49. The van der Waals surface area contributed by atoms with Crippen molar-refractivity contribution in [1.29, 1.82) is 0 Å². The molecule has 1 fully saturated rings. The molecular weight excluding hydrogens is 521 g/mol. The Balaban J connectivity index is 1.40. The summed E-state index contributed by atoms with van der Waals surface area (Å²) in [5, 5.41) is 2.84. The predicted molar refractivity (Wildman–Crippen MR) is 136 cm³/mol. The van der Waals surface area contributed by atoms with E-state index in [0.717, 1.165) is 17.3 Å². The number of carbonyl (C=O) groups is 2. The second-order valence-electron chi connectivity index (χ2n) is 8.76. The number of aromatic nitrogens is 1. The standard InChI is InChI=1S/C27H26ClF3N4O3/c28-22-15-21(17-33-25(22)38-18-27(29,30)31)26(37)35-13-11-34(12-14-35)23(20-9-5-2-6-10-20)24(36)32-16-19-7-3-1-4-8-19/h1-10,15,17,23H,11-14,16,18H2,(H,32,36)/t23-/m1/s1. The Kier molecular flexibility index (Phi) is 8.85. The topological polar surface area (TPSA) is 74.8 Å². The summed E-state index contributed by atoms with van der Waals surface area (Å²) in [5.41, 5.74) is 1.98. The molecule has 0 unspecified atom stereocenters. The van der Waals surface area contributed by atoms with Crippen LogP contribution in [0.15, 0.2) is 72.9 Å². The second-order valence-corrected chi connectivity index (χ2v) is 9.17. The lowest BCUT2D eigenvalue weighted by Gasteiger charge is -2.38. The lowest BCUT2D eigenvalue weighted by atomic mass is 10.0. The molecule has 0 aliphatic carbocycles. The highest BCUT2D eigenvalue weighted by Gasteiger charge is 2.32. The largest absolute Gasteiger partial charge is 0.467 e. The molecule has 1 atom stereocenters. The van der Waals surface area contributed by atoms with Gasteiger partial charge in [0.15, 0.2) is 6.61 Å². The maximum absolute atomic E-state index is 13.3. The van der Waals surface area contributed by atoms with Crippen LogP contribution in [0.4, 0.5) is 13.2 Å². The second kappa shape index (κ2) is 12.3. The zero-order chi connectivity index (χ0) is 27.1. The summed E-state index contributed by atoms with van der Waals surface area (Å²) in [5.74, 6) is -0.881. The zero-order valence-corrected chi connectivity index (χ0v) is 21.1. The van der Waals surface area contributed by atoms with Gasteiger partial charge in [0.25, 0.3) is 5.91 Å². The number of nitrogens with one attached hydrogen (secondary N) is 1. The summed E-state index contributed by atoms with van der Waals surface area (Å²) in [6.07, 6.45) is -3.38. The molecule has 7 nitrogen and oxygen atoms in total. The summed E-state index contributed by atoms with van der Waals surface area (Å²) in [6.45, 7) is 0.445. The Morgan fingerprint density at radius 1 is 1.00 bits per heavy atom. The van der Waals surface area contributed by atoms with Crippen LogP contribution in [-0.4, -0.2) is 65.6 Å². The molecule has 1 N–H and O–H groups in total. The Hall–Kier alpha value is -3.63. The monoisotopic (exact) mass is 546 g/mol. The van der Waals surface area contributed by atoms with E-state index in [2.05, 4.69) is 15.0 Å².